The van der Waals surface area contributed by atoms with Crippen molar-refractivity contribution < 1.29 is 14.3 Å². The zero-order chi connectivity index (χ0) is 21.7. The summed E-state index contributed by atoms with van der Waals surface area (Å²) < 4.78 is 13.5. The molecule has 9 heteroatoms. The number of esters is 1. The second kappa shape index (κ2) is 9.43. The van der Waals surface area contributed by atoms with Gasteiger partial charge in [-0.25, -0.2) is 9.78 Å². The summed E-state index contributed by atoms with van der Waals surface area (Å²) in [4.78, 5) is 43.3. The van der Waals surface area contributed by atoms with Crippen LogP contribution in [0.5, 0.6) is 5.75 Å². The average molecular weight is 414 g/mol. The van der Waals surface area contributed by atoms with Gasteiger partial charge in [0.2, 0.25) is 0 Å². The molecule has 160 valence electrons. The Morgan fingerprint density at radius 3 is 2.60 bits per heavy atom. The first-order chi connectivity index (χ1) is 14.4. The van der Waals surface area contributed by atoms with E-state index in [2.05, 4.69) is 9.97 Å². The van der Waals surface area contributed by atoms with E-state index in [4.69, 9.17) is 9.47 Å². The molecule has 30 heavy (non-hydrogen) atoms. The van der Waals surface area contributed by atoms with Gasteiger partial charge in [-0.1, -0.05) is 25.5 Å². The molecule has 0 aliphatic carbocycles. The third-order valence-electron chi connectivity index (χ3n) is 4.98. The number of aromatic nitrogens is 4. The van der Waals surface area contributed by atoms with Crippen molar-refractivity contribution in [1.82, 2.24) is 19.1 Å². The Bertz CT molecular complexity index is 1140. The maximum Gasteiger partial charge on any atom is 0.330 e. The van der Waals surface area contributed by atoms with Crippen molar-refractivity contribution in [3.05, 3.63) is 56.5 Å². The summed E-state index contributed by atoms with van der Waals surface area (Å²) in [5, 5.41) is 0. The molecule has 3 aromatic rings. The highest BCUT2D eigenvalue weighted by molar-refractivity contribution is 5.71. The highest BCUT2D eigenvalue weighted by Crippen LogP contribution is 2.14. The molecule has 0 aliphatic rings. The number of hydrogen-bond donors (Lipinski definition) is 1. The molecule has 0 fully saturated rings. The molecule has 0 saturated heterocycles. The third-order valence-corrected chi connectivity index (χ3v) is 4.98. The number of carbonyl (C=O) groups excluding carboxylic acids is 1. The predicted octanol–water partition coefficient (Wildman–Crippen LogP) is 1.91. The first kappa shape index (κ1) is 21.4. The van der Waals surface area contributed by atoms with Gasteiger partial charge < -0.3 is 14.0 Å². The SMILES string of the molecule is CCCCn1c(=O)[nH]c(=O)c2c1nc(COC(=O)CCc1ccc(OC)cc1)n2C. The van der Waals surface area contributed by atoms with Crippen molar-refractivity contribution in [2.75, 3.05) is 7.11 Å². The molecule has 2 heterocycles. The van der Waals surface area contributed by atoms with Crippen LogP contribution in [0.4, 0.5) is 0 Å². The molecule has 0 atom stereocenters. The molecule has 1 aromatic carbocycles. The van der Waals surface area contributed by atoms with E-state index in [1.807, 2.05) is 31.2 Å². The Hall–Kier alpha value is -3.36. The summed E-state index contributed by atoms with van der Waals surface area (Å²) in [7, 11) is 3.27. The minimum absolute atomic E-state index is 0.0754. The highest BCUT2D eigenvalue weighted by Gasteiger charge is 2.17. The fraction of sp³-hybridized carbons (Fsp3) is 0.429. The molecule has 0 radical (unpaired) electrons. The number of hydrogen-bond acceptors (Lipinski definition) is 6. The summed E-state index contributed by atoms with van der Waals surface area (Å²) in [5.41, 5.74) is 0.609. The lowest BCUT2D eigenvalue weighted by Crippen LogP contribution is -2.31. The van der Waals surface area contributed by atoms with Crippen molar-refractivity contribution in [2.24, 2.45) is 7.05 Å². The van der Waals surface area contributed by atoms with Gasteiger partial charge in [-0.05, 0) is 30.5 Å². The van der Waals surface area contributed by atoms with E-state index < -0.39 is 11.2 Å². The largest absolute Gasteiger partial charge is 0.497 e. The number of H-pyrrole nitrogens is 1. The van der Waals surface area contributed by atoms with Crippen LogP contribution in [-0.2, 0) is 36.2 Å². The number of aryl methyl sites for hydroxylation is 3. The average Bonchev–Trinajstić information content (AvgIpc) is 3.07. The van der Waals surface area contributed by atoms with Crippen LogP contribution in [0.25, 0.3) is 11.2 Å². The quantitative estimate of drug-likeness (QED) is 0.536. The molecule has 0 spiro atoms. The number of imidazole rings is 1. The minimum Gasteiger partial charge on any atom is -0.497 e. The van der Waals surface area contributed by atoms with Crippen LogP contribution >= 0.6 is 0 Å². The predicted molar refractivity (Wildman–Crippen MR) is 112 cm³/mol. The summed E-state index contributed by atoms with van der Waals surface area (Å²) >= 11 is 0. The van der Waals surface area contributed by atoms with E-state index >= 15 is 0 Å². The molecule has 0 saturated carbocycles. The molecule has 9 nitrogen and oxygen atoms in total. The Kier molecular flexibility index (Phi) is 6.71. The second-order valence-corrected chi connectivity index (χ2v) is 7.03. The number of nitrogens with one attached hydrogen (secondary N) is 1. The zero-order valence-electron chi connectivity index (χ0n) is 17.4. The molecular weight excluding hydrogens is 388 g/mol. The number of fused-ring (bicyclic) bond motifs is 1. The fourth-order valence-electron chi connectivity index (χ4n) is 3.20. The lowest BCUT2D eigenvalue weighted by molar-refractivity contribution is -0.145. The van der Waals surface area contributed by atoms with Gasteiger partial charge in [0.25, 0.3) is 5.56 Å². The number of nitrogens with zero attached hydrogens (tertiary/aromatic N) is 3. The van der Waals surface area contributed by atoms with Gasteiger partial charge >= 0.3 is 11.7 Å². The number of methoxy groups -OCH3 is 1. The smallest absolute Gasteiger partial charge is 0.330 e. The monoisotopic (exact) mass is 414 g/mol. The van der Waals surface area contributed by atoms with Gasteiger partial charge in [0.1, 0.15) is 18.2 Å². The molecule has 0 unspecified atom stereocenters. The summed E-state index contributed by atoms with van der Waals surface area (Å²) in [6, 6.07) is 7.49. The first-order valence-corrected chi connectivity index (χ1v) is 9.91. The van der Waals surface area contributed by atoms with Crippen LogP contribution in [0.15, 0.2) is 33.9 Å². The number of unbranched alkanes of at least 4 members (excludes halogenated alkanes) is 1. The van der Waals surface area contributed by atoms with Gasteiger partial charge in [0.15, 0.2) is 11.2 Å². The van der Waals surface area contributed by atoms with Crippen LogP contribution in [0.1, 0.15) is 37.6 Å². The maximum atomic E-state index is 12.3. The van der Waals surface area contributed by atoms with Crippen molar-refractivity contribution >= 4 is 17.1 Å². The van der Waals surface area contributed by atoms with Crippen LogP contribution < -0.4 is 16.0 Å². The lowest BCUT2D eigenvalue weighted by Gasteiger charge is -2.06. The van der Waals surface area contributed by atoms with E-state index in [1.165, 1.54) is 4.57 Å². The highest BCUT2D eigenvalue weighted by atomic mass is 16.5. The Labute approximate surface area is 173 Å². The van der Waals surface area contributed by atoms with Crippen LogP contribution in [0.2, 0.25) is 0 Å². The number of rotatable bonds is 9. The summed E-state index contributed by atoms with van der Waals surface area (Å²) in [6.07, 6.45) is 2.45. The van der Waals surface area contributed by atoms with Gasteiger partial charge in [0, 0.05) is 20.0 Å². The van der Waals surface area contributed by atoms with E-state index in [0.29, 0.717) is 24.4 Å². The zero-order valence-corrected chi connectivity index (χ0v) is 17.4. The normalized spacial score (nSPS) is 11.0. The molecule has 0 aliphatic heterocycles. The molecule has 0 bridgehead atoms. The van der Waals surface area contributed by atoms with Crippen molar-refractivity contribution in [3.8, 4) is 5.75 Å². The number of ether oxygens (including phenoxy) is 2. The van der Waals surface area contributed by atoms with E-state index in [-0.39, 0.29) is 24.5 Å². The van der Waals surface area contributed by atoms with Crippen molar-refractivity contribution in [1.29, 1.82) is 0 Å². The Morgan fingerprint density at radius 1 is 1.20 bits per heavy atom. The summed E-state index contributed by atoms with van der Waals surface area (Å²) in [6.45, 7) is 2.40. The molecule has 0 amide bonds. The van der Waals surface area contributed by atoms with Crippen LogP contribution in [0.3, 0.4) is 0 Å². The van der Waals surface area contributed by atoms with Gasteiger partial charge in [0.05, 0.1) is 7.11 Å². The molecule has 3 rings (SSSR count). The molecular formula is C21H26N4O5. The molecule has 2 aromatic heterocycles. The van der Waals surface area contributed by atoms with E-state index in [1.54, 1.807) is 18.7 Å². The van der Waals surface area contributed by atoms with Crippen LogP contribution in [0, 0.1) is 0 Å². The number of carbonyl (C=O) groups is 1. The summed E-state index contributed by atoms with van der Waals surface area (Å²) in [5.74, 6) is 0.801. The standard InChI is InChI=1S/C21H26N4O5/c1-4-5-12-25-19-18(20(27)23-21(25)28)24(2)16(22-19)13-30-17(26)11-8-14-6-9-15(29-3)10-7-14/h6-7,9-10H,4-5,8,11-13H2,1-3H3,(H,23,27,28). The van der Waals surface area contributed by atoms with Gasteiger partial charge in [-0.15, -0.1) is 0 Å². The fourth-order valence-corrected chi connectivity index (χ4v) is 3.20. The Morgan fingerprint density at radius 2 is 1.93 bits per heavy atom. The van der Waals surface area contributed by atoms with Crippen LogP contribution in [-0.4, -0.2) is 32.2 Å². The molecule has 1 N–H and O–H groups in total. The second-order valence-electron chi connectivity index (χ2n) is 7.03. The number of benzene rings is 1. The number of aromatic amines is 1. The van der Waals surface area contributed by atoms with Gasteiger partial charge in [-0.2, -0.15) is 0 Å². The first-order valence-electron chi connectivity index (χ1n) is 9.91. The van der Waals surface area contributed by atoms with Gasteiger partial charge in [-0.3, -0.25) is 19.1 Å². The van der Waals surface area contributed by atoms with Crippen molar-refractivity contribution in [2.45, 2.75) is 45.8 Å². The Balaban J connectivity index is 1.70. The lowest BCUT2D eigenvalue weighted by atomic mass is 10.1. The maximum absolute atomic E-state index is 12.3. The minimum atomic E-state index is -0.505. The topological polar surface area (TPSA) is 108 Å². The van der Waals surface area contributed by atoms with E-state index in [0.717, 1.165) is 24.2 Å². The van der Waals surface area contributed by atoms with Crippen molar-refractivity contribution in [3.63, 3.8) is 0 Å². The third kappa shape index (κ3) is 4.61. The van der Waals surface area contributed by atoms with E-state index in [9.17, 15) is 14.4 Å².